The predicted molar refractivity (Wildman–Crippen MR) is 91.2 cm³/mol. The maximum Gasteiger partial charge on any atom is 0.337 e. The minimum absolute atomic E-state index is 0.00361. The number of rotatable bonds is 4. The molecule has 0 aliphatic carbocycles. The highest BCUT2D eigenvalue weighted by atomic mass is 32.1. The third kappa shape index (κ3) is 2.57. The molecule has 0 radical (unpaired) electrons. The van der Waals surface area contributed by atoms with E-state index in [1.807, 2.05) is 31.2 Å². The molecule has 1 aromatic carbocycles. The molecule has 2 aromatic heterocycles. The SMILES string of the molecule is C=CCn1c(-c2cccc(C)c2)nc2scc(C(=O)O)c2c1=O. The van der Waals surface area contributed by atoms with Crippen LogP contribution >= 0.6 is 11.3 Å². The Bertz CT molecular complexity index is 985. The Kier molecular flexibility index (Phi) is 3.83. The van der Waals surface area contributed by atoms with Crippen molar-refractivity contribution < 1.29 is 9.90 Å². The molecule has 1 N–H and O–H groups in total. The minimum Gasteiger partial charge on any atom is -0.478 e. The van der Waals surface area contributed by atoms with E-state index in [1.54, 1.807) is 6.08 Å². The molecule has 0 fully saturated rings. The van der Waals surface area contributed by atoms with Crippen LogP contribution in [0.2, 0.25) is 0 Å². The van der Waals surface area contributed by atoms with Crippen molar-refractivity contribution in [2.24, 2.45) is 0 Å². The van der Waals surface area contributed by atoms with Crippen LogP contribution in [0, 0.1) is 6.92 Å². The van der Waals surface area contributed by atoms with Gasteiger partial charge in [0.05, 0.1) is 10.9 Å². The molecule has 0 bridgehead atoms. The van der Waals surface area contributed by atoms with Crippen LogP contribution in [-0.4, -0.2) is 20.6 Å². The van der Waals surface area contributed by atoms with Gasteiger partial charge in [-0.05, 0) is 13.0 Å². The van der Waals surface area contributed by atoms with Gasteiger partial charge in [-0.2, -0.15) is 0 Å². The molecule has 0 saturated heterocycles. The highest BCUT2D eigenvalue weighted by Crippen LogP contribution is 2.25. The fourth-order valence-corrected chi connectivity index (χ4v) is 3.39. The molecule has 2 heterocycles. The van der Waals surface area contributed by atoms with Crippen molar-refractivity contribution >= 4 is 27.5 Å². The first-order valence-electron chi connectivity index (χ1n) is 6.96. The largest absolute Gasteiger partial charge is 0.478 e. The van der Waals surface area contributed by atoms with Gasteiger partial charge >= 0.3 is 5.97 Å². The van der Waals surface area contributed by atoms with E-state index in [9.17, 15) is 14.7 Å². The fourth-order valence-electron chi connectivity index (χ4n) is 2.48. The lowest BCUT2D eigenvalue weighted by atomic mass is 10.1. The lowest BCUT2D eigenvalue weighted by Crippen LogP contribution is -2.23. The highest BCUT2D eigenvalue weighted by molar-refractivity contribution is 7.17. The van der Waals surface area contributed by atoms with Gasteiger partial charge in [-0.3, -0.25) is 9.36 Å². The number of aromatic carboxylic acids is 1. The van der Waals surface area contributed by atoms with E-state index in [1.165, 1.54) is 21.3 Å². The normalized spacial score (nSPS) is 10.8. The molecule has 0 spiro atoms. The van der Waals surface area contributed by atoms with Crippen molar-refractivity contribution in [1.82, 2.24) is 9.55 Å². The third-order valence-electron chi connectivity index (χ3n) is 3.51. The second-order valence-electron chi connectivity index (χ2n) is 5.14. The van der Waals surface area contributed by atoms with Gasteiger partial charge in [-0.25, -0.2) is 9.78 Å². The van der Waals surface area contributed by atoms with Crippen molar-refractivity contribution in [3.63, 3.8) is 0 Å². The van der Waals surface area contributed by atoms with Crippen LogP contribution in [0.15, 0.2) is 47.1 Å². The number of hydrogen-bond donors (Lipinski definition) is 1. The number of carbonyl (C=O) groups is 1. The summed E-state index contributed by atoms with van der Waals surface area (Å²) in [5.74, 6) is -0.603. The summed E-state index contributed by atoms with van der Waals surface area (Å²) < 4.78 is 1.46. The fraction of sp³-hybridized carbons (Fsp3) is 0.118. The van der Waals surface area contributed by atoms with Crippen LogP contribution in [0.25, 0.3) is 21.6 Å². The summed E-state index contributed by atoms with van der Waals surface area (Å²) in [7, 11) is 0. The Morgan fingerprint density at radius 1 is 1.48 bits per heavy atom. The van der Waals surface area contributed by atoms with Gasteiger partial charge in [0.1, 0.15) is 10.7 Å². The first kappa shape index (κ1) is 15.2. The second-order valence-corrected chi connectivity index (χ2v) is 6.00. The summed E-state index contributed by atoms with van der Waals surface area (Å²) >= 11 is 1.17. The van der Waals surface area contributed by atoms with Crippen LogP contribution in [0.4, 0.5) is 0 Å². The van der Waals surface area contributed by atoms with Gasteiger partial charge in [0.25, 0.3) is 5.56 Å². The van der Waals surface area contributed by atoms with E-state index in [4.69, 9.17) is 0 Å². The Hall–Kier alpha value is -2.73. The number of nitrogens with zero attached hydrogens (tertiary/aromatic N) is 2. The van der Waals surface area contributed by atoms with Crippen molar-refractivity contribution in [2.75, 3.05) is 0 Å². The van der Waals surface area contributed by atoms with E-state index >= 15 is 0 Å². The van der Waals surface area contributed by atoms with E-state index in [0.29, 0.717) is 10.7 Å². The van der Waals surface area contributed by atoms with Gasteiger partial charge in [-0.1, -0.05) is 29.8 Å². The molecule has 0 amide bonds. The minimum atomic E-state index is -1.12. The second kappa shape index (κ2) is 5.81. The average Bonchev–Trinajstić information content (AvgIpc) is 2.94. The zero-order valence-corrected chi connectivity index (χ0v) is 13.3. The lowest BCUT2D eigenvalue weighted by molar-refractivity contribution is 0.0699. The number of allylic oxidation sites excluding steroid dienone is 1. The molecule has 0 atom stereocenters. The molecule has 5 nitrogen and oxygen atoms in total. The molecule has 6 heteroatoms. The summed E-state index contributed by atoms with van der Waals surface area (Å²) in [4.78, 5) is 29.1. The Balaban J connectivity index is 2.38. The molecule has 0 unspecified atom stereocenters. The van der Waals surface area contributed by atoms with E-state index in [-0.39, 0.29) is 23.1 Å². The summed E-state index contributed by atoms with van der Waals surface area (Å²) in [5, 5.41) is 10.9. The zero-order valence-electron chi connectivity index (χ0n) is 12.4. The average molecular weight is 326 g/mol. The van der Waals surface area contributed by atoms with Crippen LogP contribution < -0.4 is 5.56 Å². The first-order valence-corrected chi connectivity index (χ1v) is 7.84. The highest BCUT2D eigenvalue weighted by Gasteiger charge is 2.19. The summed E-state index contributed by atoms with van der Waals surface area (Å²) in [6.45, 7) is 5.90. The molecule has 3 rings (SSSR count). The van der Waals surface area contributed by atoms with Crippen LogP contribution in [0.5, 0.6) is 0 Å². The standard InChI is InChI=1S/C17H14N2O3S/c1-3-7-19-14(11-6-4-5-10(2)8-11)18-15-13(16(19)20)12(9-23-15)17(21)22/h3-6,8-9H,1,7H2,2H3,(H,21,22). The van der Waals surface area contributed by atoms with Crippen molar-refractivity contribution in [2.45, 2.75) is 13.5 Å². The number of carboxylic acids is 1. The van der Waals surface area contributed by atoms with Crippen molar-refractivity contribution in [3.05, 3.63) is 63.8 Å². The number of benzene rings is 1. The number of aryl methyl sites for hydroxylation is 1. The number of hydrogen-bond acceptors (Lipinski definition) is 4. The number of fused-ring (bicyclic) bond motifs is 1. The van der Waals surface area contributed by atoms with E-state index in [2.05, 4.69) is 11.6 Å². The molecule has 0 aliphatic heterocycles. The van der Waals surface area contributed by atoms with Gasteiger partial charge in [0.2, 0.25) is 0 Å². The summed E-state index contributed by atoms with van der Waals surface area (Å²) in [6.07, 6.45) is 1.60. The molecular formula is C17H14N2O3S. The van der Waals surface area contributed by atoms with Crippen LogP contribution in [-0.2, 0) is 6.54 Å². The van der Waals surface area contributed by atoms with E-state index < -0.39 is 5.97 Å². The van der Waals surface area contributed by atoms with Gasteiger partial charge in [-0.15, -0.1) is 17.9 Å². The zero-order chi connectivity index (χ0) is 16.6. The summed E-state index contributed by atoms with van der Waals surface area (Å²) in [6, 6.07) is 7.69. The van der Waals surface area contributed by atoms with Crippen molar-refractivity contribution in [1.29, 1.82) is 0 Å². The molecular weight excluding hydrogens is 312 g/mol. The quantitative estimate of drug-likeness (QED) is 0.747. The number of thiophene rings is 1. The van der Waals surface area contributed by atoms with Gasteiger partial charge < -0.3 is 5.11 Å². The van der Waals surface area contributed by atoms with Crippen LogP contribution in [0.1, 0.15) is 15.9 Å². The molecule has 23 heavy (non-hydrogen) atoms. The third-order valence-corrected chi connectivity index (χ3v) is 4.38. The number of carboxylic acid groups (broad SMARTS) is 1. The van der Waals surface area contributed by atoms with Gasteiger partial charge in [0, 0.05) is 17.5 Å². The molecule has 3 aromatic rings. The summed E-state index contributed by atoms with van der Waals surface area (Å²) in [5.41, 5.74) is 1.51. The lowest BCUT2D eigenvalue weighted by Gasteiger charge is -2.11. The maximum atomic E-state index is 12.8. The monoisotopic (exact) mass is 326 g/mol. The molecule has 0 aliphatic rings. The Morgan fingerprint density at radius 2 is 2.26 bits per heavy atom. The van der Waals surface area contributed by atoms with Crippen molar-refractivity contribution in [3.8, 4) is 11.4 Å². The van der Waals surface area contributed by atoms with E-state index in [0.717, 1.165) is 11.1 Å². The van der Waals surface area contributed by atoms with Gasteiger partial charge in [0.15, 0.2) is 0 Å². The number of aromatic nitrogens is 2. The smallest absolute Gasteiger partial charge is 0.337 e. The Morgan fingerprint density at radius 3 is 2.91 bits per heavy atom. The molecule has 0 saturated carbocycles. The topological polar surface area (TPSA) is 72.2 Å². The maximum absolute atomic E-state index is 12.8. The van der Waals surface area contributed by atoms with Crippen LogP contribution in [0.3, 0.4) is 0 Å². The first-order chi connectivity index (χ1) is 11.0. The molecule has 116 valence electrons. The Labute approximate surface area is 136 Å². The predicted octanol–water partition coefficient (Wildman–Crippen LogP) is 3.32.